The van der Waals surface area contributed by atoms with Crippen LogP contribution < -0.4 is 5.32 Å². The number of aromatic nitrogens is 2. The molecule has 2 heterocycles. The van der Waals surface area contributed by atoms with Crippen molar-refractivity contribution in [3.8, 4) is 0 Å². The number of carbonyl (C=O) groups is 3. The van der Waals surface area contributed by atoms with Gasteiger partial charge in [-0.05, 0) is 13.3 Å². The maximum absolute atomic E-state index is 12.3. The second kappa shape index (κ2) is 6.44. The van der Waals surface area contributed by atoms with E-state index in [4.69, 9.17) is 0 Å². The minimum Gasteiger partial charge on any atom is -0.347 e. The lowest BCUT2D eigenvalue weighted by Crippen LogP contribution is -2.45. The predicted molar refractivity (Wildman–Crippen MR) is 83.5 cm³/mol. The van der Waals surface area contributed by atoms with Crippen molar-refractivity contribution in [3.63, 3.8) is 0 Å². The molecule has 1 aromatic rings. The van der Waals surface area contributed by atoms with Crippen LogP contribution in [0.15, 0.2) is 18.7 Å². The number of nitrogens with zero attached hydrogens (tertiary/aromatic N) is 3. The zero-order valence-electron chi connectivity index (χ0n) is 13.9. The molecule has 2 atom stereocenters. The SMILES string of the molecule is CC1CC(NC(=O)c2cncnc2)CN1C(=O)C(=O)C(C)(C)C. The summed E-state index contributed by atoms with van der Waals surface area (Å²) in [6.07, 6.45) is 4.84. The van der Waals surface area contributed by atoms with Crippen molar-refractivity contribution in [2.45, 2.75) is 46.2 Å². The van der Waals surface area contributed by atoms with Crippen molar-refractivity contribution < 1.29 is 14.4 Å². The molecule has 2 unspecified atom stereocenters. The van der Waals surface area contributed by atoms with Crippen molar-refractivity contribution >= 4 is 17.6 Å². The number of amides is 2. The van der Waals surface area contributed by atoms with E-state index in [1.165, 1.54) is 18.7 Å². The topological polar surface area (TPSA) is 92.3 Å². The van der Waals surface area contributed by atoms with Crippen LogP contribution in [0, 0.1) is 5.41 Å². The molecule has 1 N–H and O–H groups in total. The highest BCUT2D eigenvalue weighted by Gasteiger charge is 2.39. The number of nitrogens with one attached hydrogen (secondary N) is 1. The van der Waals surface area contributed by atoms with Gasteiger partial charge in [-0.25, -0.2) is 9.97 Å². The Hall–Kier alpha value is -2.31. The monoisotopic (exact) mass is 318 g/mol. The van der Waals surface area contributed by atoms with Crippen molar-refractivity contribution in [2.75, 3.05) is 6.54 Å². The first-order valence-corrected chi connectivity index (χ1v) is 7.61. The van der Waals surface area contributed by atoms with Crippen molar-refractivity contribution in [2.24, 2.45) is 5.41 Å². The van der Waals surface area contributed by atoms with Crippen LogP contribution >= 0.6 is 0 Å². The molecule has 1 aliphatic heterocycles. The van der Waals surface area contributed by atoms with Crippen LogP contribution in [0.2, 0.25) is 0 Å². The summed E-state index contributed by atoms with van der Waals surface area (Å²) in [7, 11) is 0. The van der Waals surface area contributed by atoms with Crippen molar-refractivity contribution in [3.05, 3.63) is 24.3 Å². The van der Waals surface area contributed by atoms with Crippen LogP contribution in [0.1, 0.15) is 44.5 Å². The van der Waals surface area contributed by atoms with Crippen LogP contribution in [0.4, 0.5) is 0 Å². The quantitative estimate of drug-likeness (QED) is 0.833. The van der Waals surface area contributed by atoms with Crippen LogP contribution in [0.3, 0.4) is 0 Å². The van der Waals surface area contributed by atoms with E-state index < -0.39 is 17.1 Å². The summed E-state index contributed by atoms with van der Waals surface area (Å²) in [5.41, 5.74) is -0.338. The number of hydrogen-bond donors (Lipinski definition) is 1. The fraction of sp³-hybridized carbons (Fsp3) is 0.562. The van der Waals surface area contributed by atoms with Gasteiger partial charge in [0.15, 0.2) is 0 Å². The summed E-state index contributed by atoms with van der Waals surface area (Å²) in [4.78, 5) is 45.8. The molecule has 7 heteroatoms. The Morgan fingerprint density at radius 3 is 2.39 bits per heavy atom. The lowest BCUT2D eigenvalue weighted by Gasteiger charge is -2.24. The van der Waals surface area contributed by atoms with Gasteiger partial charge in [0.2, 0.25) is 5.78 Å². The minimum atomic E-state index is -0.709. The summed E-state index contributed by atoms with van der Waals surface area (Å²) in [6.45, 7) is 7.39. The van der Waals surface area contributed by atoms with E-state index in [0.29, 0.717) is 18.5 Å². The lowest BCUT2D eigenvalue weighted by atomic mass is 9.90. The van der Waals surface area contributed by atoms with Gasteiger partial charge in [-0.15, -0.1) is 0 Å². The molecule has 1 aromatic heterocycles. The summed E-state index contributed by atoms with van der Waals surface area (Å²) in [6, 6.07) is -0.277. The fourth-order valence-electron chi connectivity index (χ4n) is 2.55. The van der Waals surface area contributed by atoms with Crippen molar-refractivity contribution in [1.82, 2.24) is 20.2 Å². The van der Waals surface area contributed by atoms with Gasteiger partial charge in [0, 0.05) is 36.4 Å². The molecular weight excluding hydrogens is 296 g/mol. The largest absolute Gasteiger partial charge is 0.347 e. The number of Topliss-reactive ketones (excluding diaryl/α,β-unsaturated/α-hetero) is 1. The summed E-state index contributed by atoms with van der Waals surface area (Å²) < 4.78 is 0. The third-order valence-corrected chi connectivity index (χ3v) is 3.87. The molecule has 0 aliphatic carbocycles. The molecule has 1 saturated heterocycles. The van der Waals surface area contributed by atoms with E-state index in [0.717, 1.165) is 0 Å². The molecule has 7 nitrogen and oxygen atoms in total. The average molecular weight is 318 g/mol. The Morgan fingerprint density at radius 2 is 1.83 bits per heavy atom. The predicted octanol–water partition coefficient (Wildman–Crippen LogP) is 0.811. The highest BCUT2D eigenvalue weighted by molar-refractivity contribution is 6.37. The normalized spacial score (nSPS) is 21.1. The van der Waals surface area contributed by atoms with E-state index in [1.807, 2.05) is 6.92 Å². The Balaban J connectivity index is 2.00. The van der Waals surface area contributed by atoms with Crippen LogP contribution in [-0.2, 0) is 9.59 Å². The molecule has 124 valence electrons. The summed E-state index contributed by atoms with van der Waals surface area (Å²) in [5, 5.41) is 2.86. The number of hydrogen-bond acceptors (Lipinski definition) is 5. The zero-order valence-corrected chi connectivity index (χ0v) is 13.9. The molecule has 2 rings (SSSR count). The van der Waals surface area contributed by atoms with Gasteiger partial charge in [-0.1, -0.05) is 20.8 Å². The standard InChI is InChI=1S/C16H22N4O3/c1-10-5-12(19-14(22)11-6-17-9-18-7-11)8-20(10)15(23)13(21)16(2,3)4/h6-7,9-10,12H,5,8H2,1-4H3,(H,19,22). The molecule has 0 spiro atoms. The molecule has 0 radical (unpaired) electrons. The molecule has 0 saturated carbocycles. The third-order valence-electron chi connectivity index (χ3n) is 3.87. The van der Waals surface area contributed by atoms with Gasteiger partial charge >= 0.3 is 0 Å². The molecule has 0 aromatic carbocycles. The van der Waals surface area contributed by atoms with Gasteiger partial charge in [0.25, 0.3) is 11.8 Å². The first kappa shape index (κ1) is 17.1. The number of likely N-dealkylation sites (tertiary alicyclic amines) is 1. The van der Waals surface area contributed by atoms with Gasteiger partial charge in [0.1, 0.15) is 6.33 Å². The Morgan fingerprint density at radius 1 is 1.22 bits per heavy atom. The van der Waals surface area contributed by atoms with E-state index in [1.54, 1.807) is 25.7 Å². The van der Waals surface area contributed by atoms with E-state index in [9.17, 15) is 14.4 Å². The van der Waals surface area contributed by atoms with E-state index in [-0.39, 0.29) is 18.0 Å². The van der Waals surface area contributed by atoms with Gasteiger partial charge in [-0.3, -0.25) is 14.4 Å². The highest BCUT2D eigenvalue weighted by Crippen LogP contribution is 2.22. The molecule has 2 amide bonds. The first-order chi connectivity index (χ1) is 10.7. The average Bonchev–Trinajstić information content (AvgIpc) is 2.86. The Bertz CT molecular complexity index is 610. The van der Waals surface area contributed by atoms with Gasteiger partial charge < -0.3 is 10.2 Å². The number of rotatable bonds is 3. The fourth-order valence-corrected chi connectivity index (χ4v) is 2.55. The minimum absolute atomic E-state index is 0.0916. The first-order valence-electron chi connectivity index (χ1n) is 7.61. The number of carbonyl (C=O) groups excluding carboxylic acids is 3. The lowest BCUT2D eigenvalue weighted by molar-refractivity contribution is -0.149. The van der Waals surface area contributed by atoms with Crippen LogP contribution in [0.25, 0.3) is 0 Å². The Kier molecular flexibility index (Phi) is 4.77. The zero-order chi connectivity index (χ0) is 17.2. The summed E-state index contributed by atoms with van der Waals surface area (Å²) >= 11 is 0. The molecule has 1 fully saturated rings. The molecule has 0 bridgehead atoms. The second-order valence-corrected chi connectivity index (χ2v) is 6.92. The van der Waals surface area contributed by atoms with Crippen LogP contribution in [-0.4, -0.2) is 51.1 Å². The Labute approximate surface area is 135 Å². The maximum atomic E-state index is 12.3. The van der Waals surface area contributed by atoms with Crippen molar-refractivity contribution in [1.29, 1.82) is 0 Å². The number of ketones is 1. The molecule has 23 heavy (non-hydrogen) atoms. The second-order valence-electron chi connectivity index (χ2n) is 6.92. The molecular formula is C16H22N4O3. The summed E-state index contributed by atoms with van der Waals surface area (Å²) in [5.74, 6) is -1.17. The van der Waals surface area contributed by atoms with Gasteiger partial charge in [0.05, 0.1) is 5.56 Å². The third kappa shape index (κ3) is 3.91. The smallest absolute Gasteiger partial charge is 0.290 e. The van der Waals surface area contributed by atoms with E-state index >= 15 is 0 Å². The highest BCUT2D eigenvalue weighted by atomic mass is 16.2. The van der Waals surface area contributed by atoms with Crippen LogP contribution in [0.5, 0.6) is 0 Å². The maximum Gasteiger partial charge on any atom is 0.290 e. The van der Waals surface area contributed by atoms with E-state index in [2.05, 4.69) is 15.3 Å². The van der Waals surface area contributed by atoms with Gasteiger partial charge in [-0.2, -0.15) is 0 Å². The molecule has 1 aliphatic rings.